The molecule has 0 heterocycles. The predicted molar refractivity (Wildman–Crippen MR) is 89.3 cm³/mol. The van der Waals surface area contributed by atoms with E-state index in [1.54, 1.807) is 6.92 Å². The number of hydrogen-bond donors (Lipinski definition) is 3. The number of carbonyl (C=O) groups excluding carboxylic acids is 2. The molecule has 0 radical (unpaired) electrons. The third-order valence-electron chi connectivity index (χ3n) is 3.99. The lowest BCUT2D eigenvalue weighted by Crippen LogP contribution is -2.45. The summed E-state index contributed by atoms with van der Waals surface area (Å²) in [7, 11) is -3.19. The van der Waals surface area contributed by atoms with E-state index in [1.165, 1.54) is 19.3 Å². The number of rotatable bonds is 9. The van der Waals surface area contributed by atoms with E-state index in [0.29, 0.717) is 25.3 Å². The molecule has 1 saturated carbocycles. The first-order valence-electron chi connectivity index (χ1n) is 8.29. The highest BCUT2D eigenvalue weighted by molar-refractivity contribution is 7.88. The van der Waals surface area contributed by atoms with Gasteiger partial charge in [0.15, 0.2) is 0 Å². The molecule has 0 spiro atoms. The van der Waals surface area contributed by atoms with E-state index < -0.39 is 16.1 Å². The highest BCUT2D eigenvalue weighted by atomic mass is 32.2. The molecule has 0 aromatic carbocycles. The van der Waals surface area contributed by atoms with Crippen molar-refractivity contribution < 1.29 is 18.0 Å². The number of sulfonamides is 1. The molecule has 0 bridgehead atoms. The minimum atomic E-state index is -3.19. The van der Waals surface area contributed by atoms with Gasteiger partial charge >= 0.3 is 0 Å². The van der Waals surface area contributed by atoms with Crippen molar-refractivity contribution in [2.24, 2.45) is 5.92 Å². The van der Waals surface area contributed by atoms with Crippen molar-refractivity contribution in [3.05, 3.63) is 0 Å². The zero-order valence-corrected chi connectivity index (χ0v) is 14.9. The molecule has 3 N–H and O–H groups in total. The average Bonchev–Trinajstić information content (AvgIpc) is 2.46. The van der Waals surface area contributed by atoms with Gasteiger partial charge in [-0.3, -0.25) is 9.59 Å². The van der Waals surface area contributed by atoms with E-state index in [-0.39, 0.29) is 18.4 Å². The summed E-state index contributed by atoms with van der Waals surface area (Å²) < 4.78 is 24.1. The molecule has 1 fully saturated rings. The Hall–Kier alpha value is -1.15. The van der Waals surface area contributed by atoms with Gasteiger partial charge in [0.1, 0.15) is 6.04 Å². The van der Waals surface area contributed by atoms with Gasteiger partial charge in [-0.2, -0.15) is 0 Å². The van der Waals surface area contributed by atoms with Crippen LogP contribution in [0.25, 0.3) is 0 Å². The van der Waals surface area contributed by atoms with Gasteiger partial charge in [0, 0.05) is 19.5 Å². The largest absolute Gasteiger partial charge is 0.354 e. The molecule has 0 aliphatic heterocycles. The van der Waals surface area contributed by atoms with Crippen LogP contribution in [0, 0.1) is 5.92 Å². The summed E-state index contributed by atoms with van der Waals surface area (Å²) in [5.74, 6) is 0.126. The standard InChI is InChI=1S/C15H29N3O4S/c1-12(15(20)16-9-6-10-17-23(2,21)22)18-14(19)11-13-7-4-3-5-8-13/h12-13,17H,3-11H2,1-2H3,(H,16,20)(H,18,19)/t12-/m0/s1. The summed E-state index contributed by atoms with van der Waals surface area (Å²) in [4.78, 5) is 23.8. The first-order chi connectivity index (χ1) is 10.8. The molecule has 2 amide bonds. The fraction of sp³-hybridized carbons (Fsp3) is 0.867. The molecule has 1 aliphatic carbocycles. The van der Waals surface area contributed by atoms with Gasteiger partial charge in [-0.05, 0) is 32.1 Å². The first-order valence-corrected chi connectivity index (χ1v) is 10.2. The molecule has 134 valence electrons. The van der Waals surface area contributed by atoms with Gasteiger partial charge in [0.2, 0.25) is 21.8 Å². The van der Waals surface area contributed by atoms with Crippen LogP contribution in [0.1, 0.15) is 51.9 Å². The van der Waals surface area contributed by atoms with Crippen LogP contribution in [0.3, 0.4) is 0 Å². The minimum Gasteiger partial charge on any atom is -0.354 e. The van der Waals surface area contributed by atoms with E-state index in [9.17, 15) is 18.0 Å². The Balaban J connectivity index is 2.16. The molecular weight excluding hydrogens is 318 g/mol. The van der Waals surface area contributed by atoms with Crippen molar-refractivity contribution in [2.75, 3.05) is 19.3 Å². The molecule has 23 heavy (non-hydrogen) atoms. The fourth-order valence-corrected chi connectivity index (χ4v) is 3.25. The van der Waals surface area contributed by atoms with Crippen LogP contribution in [-0.4, -0.2) is 45.6 Å². The van der Waals surface area contributed by atoms with Crippen molar-refractivity contribution in [1.82, 2.24) is 15.4 Å². The number of carbonyl (C=O) groups is 2. The third-order valence-corrected chi connectivity index (χ3v) is 4.72. The maximum absolute atomic E-state index is 11.9. The zero-order chi connectivity index (χ0) is 17.3. The predicted octanol–water partition coefficient (Wildman–Crippen LogP) is 0.517. The Labute approximate surface area is 139 Å². The second-order valence-corrected chi connectivity index (χ2v) is 8.14. The zero-order valence-electron chi connectivity index (χ0n) is 14.1. The van der Waals surface area contributed by atoms with E-state index in [4.69, 9.17) is 0 Å². The molecule has 0 saturated heterocycles. The first kappa shape index (κ1) is 19.9. The molecule has 8 heteroatoms. The molecular formula is C15H29N3O4S. The highest BCUT2D eigenvalue weighted by Crippen LogP contribution is 2.26. The van der Waals surface area contributed by atoms with E-state index in [1.807, 2.05) is 0 Å². The molecule has 1 aliphatic rings. The Morgan fingerprint density at radius 2 is 1.78 bits per heavy atom. The van der Waals surface area contributed by atoms with Crippen LogP contribution < -0.4 is 15.4 Å². The molecule has 0 unspecified atom stereocenters. The van der Waals surface area contributed by atoms with Crippen LogP contribution >= 0.6 is 0 Å². The van der Waals surface area contributed by atoms with Crippen LogP contribution in [0.5, 0.6) is 0 Å². The Bertz CT molecular complexity index is 487. The van der Waals surface area contributed by atoms with Gasteiger partial charge in [-0.15, -0.1) is 0 Å². The molecule has 1 rings (SSSR count). The van der Waals surface area contributed by atoms with Gasteiger partial charge < -0.3 is 10.6 Å². The van der Waals surface area contributed by atoms with E-state index in [0.717, 1.165) is 19.1 Å². The summed E-state index contributed by atoms with van der Waals surface area (Å²) in [6.45, 7) is 2.30. The van der Waals surface area contributed by atoms with Crippen LogP contribution in [0.2, 0.25) is 0 Å². The lowest BCUT2D eigenvalue weighted by Gasteiger charge is -2.22. The Kier molecular flexibility index (Phi) is 8.54. The highest BCUT2D eigenvalue weighted by Gasteiger charge is 2.20. The van der Waals surface area contributed by atoms with Gasteiger partial charge in [0.25, 0.3) is 0 Å². The van der Waals surface area contributed by atoms with Gasteiger partial charge in [0.05, 0.1) is 6.26 Å². The van der Waals surface area contributed by atoms with E-state index in [2.05, 4.69) is 15.4 Å². The van der Waals surface area contributed by atoms with Crippen LogP contribution in [0.4, 0.5) is 0 Å². The summed E-state index contributed by atoms with van der Waals surface area (Å²) >= 11 is 0. The number of hydrogen-bond acceptors (Lipinski definition) is 4. The van der Waals surface area contributed by atoms with Crippen molar-refractivity contribution in [3.8, 4) is 0 Å². The van der Waals surface area contributed by atoms with E-state index >= 15 is 0 Å². The van der Waals surface area contributed by atoms with Crippen molar-refractivity contribution in [3.63, 3.8) is 0 Å². The molecule has 7 nitrogen and oxygen atoms in total. The lowest BCUT2D eigenvalue weighted by molar-refractivity contribution is -0.129. The molecule has 0 aromatic rings. The van der Waals surface area contributed by atoms with Gasteiger partial charge in [-0.1, -0.05) is 19.3 Å². The Morgan fingerprint density at radius 1 is 1.13 bits per heavy atom. The topological polar surface area (TPSA) is 104 Å². The van der Waals surface area contributed by atoms with Crippen molar-refractivity contribution in [1.29, 1.82) is 0 Å². The second-order valence-electron chi connectivity index (χ2n) is 6.31. The smallest absolute Gasteiger partial charge is 0.242 e. The van der Waals surface area contributed by atoms with Crippen LogP contribution in [0.15, 0.2) is 0 Å². The Morgan fingerprint density at radius 3 is 2.39 bits per heavy atom. The lowest BCUT2D eigenvalue weighted by atomic mass is 9.87. The average molecular weight is 347 g/mol. The summed E-state index contributed by atoms with van der Waals surface area (Å²) in [6, 6.07) is -0.575. The maximum Gasteiger partial charge on any atom is 0.242 e. The SMILES string of the molecule is C[C@H](NC(=O)CC1CCCCC1)C(=O)NCCCNS(C)(=O)=O. The monoisotopic (exact) mass is 347 g/mol. The van der Waals surface area contributed by atoms with Gasteiger partial charge in [-0.25, -0.2) is 13.1 Å². The fourth-order valence-electron chi connectivity index (χ4n) is 2.73. The molecule has 0 aromatic heterocycles. The summed E-state index contributed by atoms with van der Waals surface area (Å²) in [5.41, 5.74) is 0. The molecule has 1 atom stereocenters. The minimum absolute atomic E-state index is 0.0710. The normalized spacial score (nSPS) is 17.5. The van der Waals surface area contributed by atoms with Crippen molar-refractivity contribution >= 4 is 21.8 Å². The summed E-state index contributed by atoms with van der Waals surface area (Å²) in [5, 5.41) is 5.42. The maximum atomic E-state index is 11.9. The van der Waals surface area contributed by atoms with Crippen LogP contribution in [-0.2, 0) is 19.6 Å². The second kappa shape index (κ2) is 9.87. The third kappa shape index (κ3) is 9.55. The number of amides is 2. The van der Waals surface area contributed by atoms with Crippen molar-refractivity contribution in [2.45, 2.75) is 57.9 Å². The number of nitrogens with one attached hydrogen (secondary N) is 3. The quantitative estimate of drug-likeness (QED) is 0.529. The summed E-state index contributed by atoms with van der Waals surface area (Å²) in [6.07, 6.45) is 7.92.